The van der Waals surface area contributed by atoms with Crippen molar-refractivity contribution in [2.24, 2.45) is 0 Å². The van der Waals surface area contributed by atoms with Crippen molar-refractivity contribution in [3.63, 3.8) is 0 Å². The minimum atomic E-state index is -0.268. The van der Waals surface area contributed by atoms with E-state index in [4.69, 9.17) is 16.6 Å². The van der Waals surface area contributed by atoms with E-state index < -0.39 is 0 Å². The first-order valence-corrected chi connectivity index (χ1v) is 7.72. The standard InChI is InChI=1S/C17H15ClFN3/c18-13-5-4-11(14(19)9-13)8-12-2-1-3-15-17(12)21-16-10-20-6-7-22(15)16/h1-5,9,20H,6-8,10H2. The van der Waals surface area contributed by atoms with Crippen LogP contribution in [0.15, 0.2) is 36.4 Å². The highest BCUT2D eigenvalue weighted by molar-refractivity contribution is 6.30. The summed E-state index contributed by atoms with van der Waals surface area (Å²) >= 11 is 5.82. The van der Waals surface area contributed by atoms with Gasteiger partial charge < -0.3 is 9.88 Å². The van der Waals surface area contributed by atoms with Crippen LogP contribution in [0, 0.1) is 5.82 Å². The average molecular weight is 316 g/mol. The Hall–Kier alpha value is -1.91. The summed E-state index contributed by atoms with van der Waals surface area (Å²) in [4.78, 5) is 4.75. The van der Waals surface area contributed by atoms with Crippen LogP contribution in [0.3, 0.4) is 0 Å². The summed E-state index contributed by atoms with van der Waals surface area (Å²) in [5.74, 6) is 0.778. The molecule has 112 valence electrons. The molecule has 0 amide bonds. The zero-order valence-electron chi connectivity index (χ0n) is 11.9. The van der Waals surface area contributed by atoms with Gasteiger partial charge in [0.1, 0.15) is 11.6 Å². The van der Waals surface area contributed by atoms with Crippen LogP contribution in [0.25, 0.3) is 11.0 Å². The minimum absolute atomic E-state index is 0.268. The van der Waals surface area contributed by atoms with Gasteiger partial charge in [-0.15, -0.1) is 0 Å². The van der Waals surface area contributed by atoms with Gasteiger partial charge in [-0.2, -0.15) is 0 Å². The van der Waals surface area contributed by atoms with Gasteiger partial charge in [0.05, 0.1) is 17.6 Å². The first kappa shape index (κ1) is 13.7. The van der Waals surface area contributed by atoms with Crippen LogP contribution in [-0.4, -0.2) is 16.1 Å². The fourth-order valence-electron chi connectivity index (χ4n) is 3.04. The lowest BCUT2D eigenvalue weighted by Gasteiger charge is -2.15. The molecule has 1 aliphatic heterocycles. The maximum atomic E-state index is 14.0. The third kappa shape index (κ3) is 2.28. The fraction of sp³-hybridized carbons (Fsp3) is 0.235. The number of benzene rings is 2. The van der Waals surface area contributed by atoms with Crippen LogP contribution in [0.5, 0.6) is 0 Å². The van der Waals surface area contributed by atoms with Gasteiger partial charge in [-0.05, 0) is 29.3 Å². The molecule has 0 saturated heterocycles. The fourth-order valence-corrected chi connectivity index (χ4v) is 3.20. The first-order chi connectivity index (χ1) is 10.7. The molecule has 3 aromatic rings. The number of hydrogen-bond donors (Lipinski definition) is 1. The second kappa shape index (κ2) is 5.38. The predicted molar refractivity (Wildman–Crippen MR) is 85.7 cm³/mol. The summed E-state index contributed by atoms with van der Waals surface area (Å²) in [6.45, 7) is 2.66. The second-order valence-electron chi connectivity index (χ2n) is 5.55. The van der Waals surface area contributed by atoms with Gasteiger partial charge in [-0.1, -0.05) is 29.8 Å². The molecule has 0 spiro atoms. The lowest BCUT2D eigenvalue weighted by atomic mass is 10.0. The summed E-state index contributed by atoms with van der Waals surface area (Å²) in [7, 11) is 0. The molecule has 0 fully saturated rings. The maximum absolute atomic E-state index is 14.0. The number of nitrogens with zero attached hydrogens (tertiary/aromatic N) is 2. The van der Waals surface area contributed by atoms with Crippen molar-refractivity contribution in [1.29, 1.82) is 0 Å². The quantitative estimate of drug-likeness (QED) is 0.784. The summed E-state index contributed by atoms with van der Waals surface area (Å²) in [5.41, 5.74) is 3.78. The molecular formula is C17H15ClFN3. The molecule has 2 aromatic carbocycles. The van der Waals surface area contributed by atoms with E-state index >= 15 is 0 Å². The summed E-state index contributed by atoms with van der Waals surface area (Å²) in [5, 5.41) is 3.75. The molecule has 0 unspecified atom stereocenters. The molecule has 5 heteroatoms. The van der Waals surface area contributed by atoms with Crippen LogP contribution >= 0.6 is 11.6 Å². The monoisotopic (exact) mass is 315 g/mol. The smallest absolute Gasteiger partial charge is 0.128 e. The SMILES string of the molecule is Fc1cc(Cl)ccc1Cc1cccc2c1nc1n2CCNC1. The van der Waals surface area contributed by atoms with Crippen molar-refractivity contribution >= 4 is 22.6 Å². The van der Waals surface area contributed by atoms with Crippen LogP contribution in [0.1, 0.15) is 17.0 Å². The Kier molecular flexibility index (Phi) is 3.36. The molecule has 0 saturated carbocycles. The van der Waals surface area contributed by atoms with Gasteiger partial charge in [-0.25, -0.2) is 9.37 Å². The molecule has 4 rings (SSSR count). The lowest BCUT2D eigenvalue weighted by Crippen LogP contribution is -2.28. The van der Waals surface area contributed by atoms with Crippen LogP contribution in [0.2, 0.25) is 5.02 Å². The topological polar surface area (TPSA) is 29.9 Å². The maximum Gasteiger partial charge on any atom is 0.128 e. The lowest BCUT2D eigenvalue weighted by molar-refractivity contribution is 0.514. The molecule has 0 atom stereocenters. The molecule has 0 aliphatic carbocycles. The molecule has 0 bridgehead atoms. The van der Waals surface area contributed by atoms with Gasteiger partial charge >= 0.3 is 0 Å². The van der Waals surface area contributed by atoms with Gasteiger partial charge in [0.25, 0.3) is 0 Å². The zero-order chi connectivity index (χ0) is 15.1. The number of rotatable bonds is 2. The van der Waals surface area contributed by atoms with E-state index in [1.165, 1.54) is 6.07 Å². The Morgan fingerprint density at radius 3 is 3.00 bits per heavy atom. The Bertz CT molecular complexity index is 856. The number of imidazole rings is 1. The van der Waals surface area contributed by atoms with Crippen molar-refractivity contribution in [3.05, 3.63) is 64.2 Å². The van der Waals surface area contributed by atoms with Gasteiger partial charge in [0.2, 0.25) is 0 Å². The van der Waals surface area contributed by atoms with Crippen molar-refractivity contribution < 1.29 is 4.39 Å². The number of halogens is 2. The van der Waals surface area contributed by atoms with Crippen molar-refractivity contribution in [2.75, 3.05) is 6.54 Å². The Labute approximate surface area is 132 Å². The number of fused-ring (bicyclic) bond motifs is 3. The highest BCUT2D eigenvalue weighted by atomic mass is 35.5. The van der Waals surface area contributed by atoms with E-state index in [1.807, 2.05) is 12.1 Å². The summed E-state index contributed by atoms with van der Waals surface area (Å²) in [6.07, 6.45) is 0.518. The largest absolute Gasteiger partial charge is 0.326 e. The number of hydrogen-bond acceptors (Lipinski definition) is 2. The molecule has 22 heavy (non-hydrogen) atoms. The van der Waals surface area contributed by atoms with E-state index in [1.54, 1.807) is 12.1 Å². The van der Waals surface area contributed by atoms with E-state index in [-0.39, 0.29) is 5.82 Å². The highest BCUT2D eigenvalue weighted by Gasteiger charge is 2.16. The number of aromatic nitrogens is 2. The van der Waals surface area contributed by atoms with E-state index in [2.05, 4.69) is 16.0 Å². The van der Waals surface area contributed by atoms with Gasteiger partial charge in [0.15, 0.2) is 0 Å². The highest BCUT2D eigenvalue weighted by Crippen LogP contribution is 2.25. The normalized spacial score (nSPS) is 14.3. The average Bonchev–Trinajstić information content (AvgIpc) is 2.90. The molecular weight excluding hydrogens is 301 g/mol. The number of para-hydroxylation sites is 1. The van der Waals surface area contributed by atoms with Crippen molar-refractivity contribution in [3.8, 4) is 0 Å². The number of nitrogens with one attached hydrogen (secondary N) is 1. The molecule has 1 aromatic heterocycles. The third-order valence-corrected chi connectivity index (χ3v) is 4.37. The van der Waals surface area contributed by atoms with Crippen molar-refractivity contribution in [1.82, 2.24) is 14.9 Å². The molecule has 0 radical (unpaired) electrons. The Balaban J connectivity index is 1.80. The second-order valence-corrected chi connectivity index (χ2v) is 5.99. The third-order valence-electron chi connectivity index (χ3n) is 4.13. The summed E-state index contributed by atoms with van der Waals surface area (Å²) < 4.78 is 16.3. The predicted octanol–water partition coefficient (Wildman–Crippen LogP) is 3.52. The van der Waals surface area contributed by atoms with Crippen molar-refractivity contribution in [2.45, 2.75) is 19.5 Å². The first-order valence-electron chi connectivity index (χ1n) is 7.34. The van der Waals surface area contributed by atoms with Crippen LogP contribution in [-0.2, 0) is 19.5 Å². The van der Waals surface area contributed by atoms with E-state index in [0.29, 0.717) is 17.0 Å². The molecule has 1 aliphatic rings. The Morgan fingerprint density at radius 1 is 1.23 bits per heavy atom. The van der Waals surface area contributed by atoms with E-state index in [0.717, 1.165) is 42.1 Å². The summed E-state index contributed by atoms with van der Waals surface area (Å²) in [6, 6.07) is 10.9. The zero-order valence-corrected chi connectivity index (χ0v) is 12.7. The van der Waals surface area contributed by atoms with Crippen LogP contribution < -0.4 is 5.32 Å². The van der Waals surface area contributed by atoms with Gasteiger partial charge in [-0.3, -0.25) is 0 Å². The molecule has 3 nitrogen and oxygen atoms in total. The molecule has 1 N–H and O–H groups in total. The van der Waals surface area contributed by atoms with Gasteiger partial charge in [0, 0.05) is 24.5 Å². The Morgan fingerprint density at radius 2 is 2.14 bits per heavy atom. The minimum Gasteiger partial charge on any atom is -0.326 e. The van der Waals surface area contributed by atoms with E-state index in [9.17, 15) is 4.39 Å². The molecule has 2 heterocycles. The van der Waals surface area contributed by atoms with Crippen LogP contribution in [0.4, 0.5) is 4.39 Å².